The van der Waals surface area contributed by atoms with Crippen LogP contribution in [0.3, 0.4) is 0 Å². The van der Waals surface area contributed by atoms with Gasteiger partial charge in [0.15, 0.2) is 14.6 Å². The number of ether oxygens (including phenoxy) is 1. The molecule has 0 aromatic heterocycles. The Labute approximate surface area is 143 Å². The van der Waals surface area contributed by atoms with Crippen LogP contribution in [0.25, 0.3) is 0 Å². The van der Waals surface area contributed by atoms with E-state index in [1.54, 1.807) is 38.1 Å². The van der Waals surface area contributed by atoms with Crippen LogP contribution in [0, 0.1) is 5.92 Å². The average molecular weight is 346 g/mol. The van der Waals surface area contributed by atoms with Gasteiger partial charge < -0.3 is 4.74 Å². The minimum absolute atomic E-state index is 0.480. The van der Waals surface area contributed by atoms with Crippen molar-refractivity contribution in [3.63, 3.8) is 0 Å². The van der Waals surface area contributed by atoms with Gasteiger partial charge in [-0.1, -0.05) is 48.6 Å². The van der Waals surface area contributed by atoms with Crippen molar-refractivity contribution in [2.24, 2.45) is 5.92 Å². The molecule has 0 bridgehead atoms. The fraction of sp³-hybridized carbons (Fsp3) is 0.421. The summed E-state index contributed by atoms with van der Waals surface area (Å²) in [5, 5.41) is 0. The summed E-state index contributed by atoms with van der Waals surface area (Å²) in [4.78, 5) is 12.8. The Morgan fingerprint density at radius 2 is 1.79 bits per heavy atom. The molecule has 2 atom stereocenters. The Kier molecular flexibility index (Phi) is 3.95. The van der Waals surface area contributed by atoms with Crippen LogP contribution in [0.4, 0.5) is 0 Å². The van der Waals surface area contributed by atoms with E-state index in [9.17, 15) is 13.2 Å². The van der Waals surface area contributed by atoms with E-state index in [-0.39, 0.29) is 0 Å². The van der Waals surface area contributed by atoms with Crippen LogP contribution < -0.4 is 0 Å². The summed E-state index contributed by atoms with van der Waals surface area (Å²) in [5.74, 6) is -1.34. The molecule has 3 rings (SSSR count). The lowest BCUT2D eigenvalue weighted by Gasteiger charge is -2.40. The summed E-state index contributed by atoms with van der Waals surface area (Å²) in [6.07, 6.45) is 8.68. The summed E-state index contributed by atoms with van der Waals surface area (Å²) in [6, 6.07) is 8.96. The standard InChI is InChI=1S/C19H22O4S/c1-18(2)19(24(3,21)22,15-12-8-5-9-13-15)16(17(20)23-18)14-10-6-4-7-11-14/h5-6,8-13,16H,4,7H2,1-3H3. The third kappa shape index (κ3) is 2.25. The largest absolute Gasteiger partial charge is 0.457 e. The number of carbonyl (C=O) groups is 1. The fourth-order valence-electron chi connectivity index (χ4n) is 4.19. The number of hydrogen-bond acceptors (Lipinski definition) is 4. The van der Waals surface area contributed by atoms with Crippen LogP contribution in [-0.2, 0) is 24.1 Å². The monoisotopic (exact) mass is 346 g/mol. The maximum absolute atomic E-state index is 13.1. The first-order valence-corrected chi connectivity index (χ1v) is 9.95. The number of esters is 1. The molecule has 0 N–H and O–H groups in total. The van der Waals surface area contributed by atoms with Gasteiger partial charge >= 0.3 is 5.97 Å². The molecule has 1 aliphatic carbocycles. The van der Waals surface area contributed by atoms with Crippen LogP contribution >= 0.6 is 0 Å². The van der Waals surface area contributed by atoms with E-state index >= 15 is 0 Å². The summed E-state index contributed by atoms with van der Waals surface area (Å²) < 4.78 is 30.3. The molecule has 128 valence electrons. The van der Waals surface area contributed by atoms with E-state index in [1.807, 2.05) is 24.3 Å². The number of carbonyl (C=O) groups excluding carboxylic acids is 1. The normalized spacial score (nSPS) is 29.2. The van der Waals surface area contributed by atoms with Crippen molar-refractivity contribution in [2.45, 2.75) is 37.0 Å². The topological polar surface area (TPSA) is 60.4 Å². The Hall–Kier alpha value is -1.88. The molecule has 1 aromatic rings. The first-order valence-electron chi connectivity index (χ1n) is 8.06. The van der Waals surface area contributed by atoms with Crippen molar-refractivity contribution in [3.05, 3.63) is 59.7 Å². The van der Waals surface area contributed by atoms with Gasteiger partial charge in [0.25, 0.3) is 0 Å². The van der Waals surface area contributed by atoms with Crippen LogP contribution in [0.5, 0.6) is 0 Å². The molecule has 2 unspecified atom stereocenters. The molecule has 0 amide bonds. The van der Waals surface area contributed by atoms with Gasteiger partial charge in [-0.2, -0.15) is 0 Å². The number of allylic oxidation sites excluding steroid dienone is 3. The van der Waals surface area contributed by atoms with E-state index in [1.165, 1.54) is 6.26 Å². The third-order valence-corrected chi connectivity index (χ3v) is 7.17. The quantitative estimate of drug-likeness (QED) is 0.789. The van der Waals surface area contributed by atoms with Gasteiger partial charge in [0, 0.05) is 6.26 Å². The van der Waals surface area contributed by atoms with E-state index in [2.05, 4.69) is 0 Å². The first-order chi connectivity index (χ1) is 11.2. The van der Waals surface area contributed by atoms with Crippen LogP contribution in [0.2, 0.25) is 0 Å². The van der Waals surface area contributed by atoms with Gasteiger partial charge in [-0.3, -0.25) is 4.79 Å². The maximum Gasteiger partial charge on any atom is 0.316 e. The third-order valence-electron chi connectivity index (χ3n) is 5.04. The molecule has 1 saturated heterocycles. The Bertz CT molecular complexity index is 818. The Balaban J connectivity index is 2.36. The molecule has 1 fully saturated rings. The molecule has 0 spiro atoms. The van der Waals surface area contributed by atoms with E-state index in [0.717, 1.165) is 18.4 Å². The average Bonchev–Trinajstić information content (AvgIpc) is 2.74. The number of benzene rings is 1. The van der Waals surface area contributed by atoms with Gasteiger partial charge in [-0.25, -0.2) is 8.42 Å². The van der Waals surface area contributed by atoms with Crippen molar-refractivity contribution in [2.75, 3.05) is 6.26 Å². The molecule has 2 aliphatic rings. The molecular formula is C19H22O4S. The Morgan fingerprint density at radius 1 is 1.12 bits per heavy atom. The number of rotatable bonds is 3. The van der Waals surface area contributed by atoms with Crippen molar-refractivity contribution in [3.8, 4) is 0 Å². The zero-order chi connectivity index (χ0) is 17.6. The first kappa shape index (κ1) is 17.0. The van der Waals surface area contributed by atoms with Gasteiger partial charge in [-0.05, 0) is 37.8 Å². The van der Waals surface area contributed by atoms with E-state index in [0.29, 0.717) is 5.56 Å². The molecule has 5 heteroatoms. The Morgan fingerprint density at radius 3 is 2.33 bits per heavy atom. The van der Waals surface area contributed by atoms with Gasteiger partial charge in [0.2, 0.25) is 0 Å². The zero-order valence-electron chi connectivity index (χ0n) is 14.2. The summed E-state index contributed by atoms with van der Waals surface area (Å²) in [6.45, 7) is 3.37. The molecule has 0 saturated carbocycles. The highest BCUT2D eigenvalue weighted by atomic mass is 32.2. The van der Waals surface area contributed by atoms with Crippen molar-refractivity contribution < 1.29 is 17.9 Å². The van der Waals surface area contributed by atoms with Crippen molar-refractivity contribution >= 4 is 15.8 Å². The minimum Gasteiger partial charge on any atom is -0.457 e. The highest BCUT2D eigenvalue weighted by Crippen LogP contribution is 2.56. The molecule has 1 aromatic carbocycles. The predicted molar refractivity (Wildman–Crippen MR) is 93.1 cm³/mol. The second kappa shape index (κ2) is 5.59. The van der Waals surface area contributed by atoms with Crippen LogP contribution in [0.15, 0.2) is 54.1 Å². The smallest absolute Gasteiger partial charge is 0.316 e. The van der Waals surface area contributed by atoms with Gasteiger partial charge in [0.05, 0.1) is 0 Å². The second-order valence-electron chi connectivity index (χ2n) is 6.92. The number of hydrogen-bond donors (Lipinski definition) is 0. The zero-order valence-corrected chi connectivity index (χ0v) is 15.0. The molecular weight excluding hydrogens is 324 g/mol. The van der Waals surface area contributed by atoms with Crippen LogP contribution in [-0.4, -0.2) is 26.2 Å². The maximum atomic E-state index is 13.1. The SMILES string of the molecule is CC1(C)OC(=O)C(C2=CCCC=C2)C1(c1ccccc1)S(C)(=O)=O. The van der Waals surface area contributed by atoms with Crippen molar-refractivity contribution in [1.29, 1.82) is 0 Å². The lowest BCUT2D eigenvalue weighted by atomic mass is 9.73. The molecule has 1 heterocycles. The second-order valence-corrected chi connectivity index (χ2v) is 9.11. The minimum atomic E-state index is -3.68. The van der Waals surface area contributed by atoms with Crippen molar-refractivity contribution in [1.82, 2.24) is 0 Å². The summed E-state index contributed by atoms with van der Waals surface area (Å²) >= 11 is 0. The van der Waals surface area contributed by atoms with E-state index in [4.69, 9.17) is 4.74 Å². The summed E-state index contributed by atoms with van der Waals surface area (Å²) in [7, 11) is -3.68. The lowest BCUT2D eigenvalue weighted by Crippen LogP contribution is -2.53. The molecule has 0 radical (unpaired) electrons. The van der Waals surface area contributed by atoms with Gasteiger partial charge in [-0.15, -0.1) is 0 Å². The summed E-state index contributed by atoms with van der Waals surface area (Å²) in [5.41, 5.74) is 0.148. The van der Waals surface area contributed by atoms with Crippen LogP contribution in [0.1, 0.15) is 32.3 Å². The highest BCUT2D eigenvalue weighted by Gasteiger charge is 2.69. The predicted octanol–water partition coefficient (Wildman–Crippen LogP) is 3.15. The number of sulfone groups is 1. The number of cyclic esters (lactones) is 1. The van der Waals surface area contributed by atoms with Gasteiger partial charge in [0.1, 0.15) is 11.5 Å². The molecule has 4 nitrogen and oxygen atoms in total. The molecule has 1 aliphatic heterocycles. The fourth-order valence-corrected chi connectivity index (χ4v) is 6.35. The highest BCUT2D eigenvalue weighted by molar-refractivity contribution is 7.91. The molecule has 24 heavy (non-hydrogen) atoms. The van der Waals surface area contributed by atoms with E-state index < -0.39 is 32.1 Å². The lowest BCUT2D eigenvalue weighted by molar-refractivity contribution is -0.147.